The minimum absolute atomic E-state index is 0.222. The van der Waals surface area contributed by atoms with E-state index < -0.39 is 10.0 Å². The molecule has 9 nitrogen and oxygen atoms in total. The van der Waals surface area contributed by atoms with Crippen LogP contribution >= 0.6 is 0 Å². The number of aromatic nitrogens is 4. The van der Waals surface area contributed by atoms with Crippen molar-refractivity contribution in [2.24, 2.45) is 7.05 Å². The van der Waals surface area contributed by atoms with E-state index in [4.69, 9.17) is 4.74 Å². The first-order chi connectivity index (χ1) is 11.9. The van der Waals surface area contributed by atoms with Crippen LogP contribution in [0.3, 0.4) is 0 Å². The zero-order chi connectivity index (χ0) is 18.0. The molecule has 0 spiro atoms. The van der Waals surface area contributed by atoms with E-state index in [-0.39, 0.29) is 6.10 Å². The second kappa shape index (κ2) is 7.22. The van der Waals surface area contributed by atoms with Gasteiger partial charge in [-0.1, -0.05) is 6.92 Å². The molecule has 1 atom stereocenters. The van der Waals surface area contributed by atoms with Gasteiger partial charge in [0.2, 0.25) is 10.0 Å². The number of aryl methyl sites for hydroxylation is 2. The summed E-state index contributed by atoms with van der Waals surface area (Å²) < 4.78 is 32.3. The van der Waals surface area contributed by atoms with E-state index in [9.17, 15) is 8.42 Å². The van der Waals surface area contributed by atoms with Crippen molar-refractivity contribution >= 4 is 26.9 Å². The molecular formula is C15H24N6O3S. The van der Waals surface area contributed by atoms with Gasteiger partial charge < -0.3 is 10.1 Å². The van der Waals surface area contributed by atoms with Crippen molar-refractivity contribution in [2.45, 2.75) is 25.9 Å². The first-order valence-electron chi connectivity index (χ1n) is 8.37. The number of hydrogen-bond acceptors (Lipinski definition) is 7. The predicted molar refractivity (Wildman–Crippen MR) is 94.9 cm³/mol. The van der Waals surface area contributed by atoms with Crippen molar-refractivity contribution in [1.82, 2.24) is 24.1 Å². The van der Waals surface area contributed by atoms with E-state index in [0.29, 0.717) is 32.1 Å². The molecule has 1 fully saturated rings. The van der Waals surface area contributed by atoms with Gasteiger partial charge in [0.05, 0.1) is 30.5 Å². The first kappa shape index (κ1) is 18.0. The summed E-state index contributed by atoms with van der Waals surface area (Å²) in [5, 5.41) is 8.39. The first-order valence-corrected chi connectivity index (χ1v) is 10.2. The zero-order valence-electron chi connectivity index (χ0n) is 14.8. The van der Waals surface area contributed by atoms with Crippen molar-refractivity contribution in [3.8, 4) is 0 Å². The summed E-state index contributed by atoms with van der Waals surface area (Å²) in [5.41, 5.74) is 0.781. The van der Waals surface area contributed by atoms with Crippen LogP contribution in [0.2, 0.25) is 0 Å². The van der Waals surface area contributed by atoms with E-state index >= 15 is 0 Å². The Morgan fingerprint density at radius 2 is 2.20 bits per heavy atom. The second-order valence-electron chi connectivity index (χ2n) is 6.24. The summed E-state index contributed by atoms with van der Waals surface area (Å²) in [6, 6.07) is 0. The quantitative estimate of drug-likeness (QED) is 0.787. The molecule has 2 aromatic heterocycles. The number of nitrogens with zero attached hydrogens (tertiary/aromatic N) is 5. The molecule has 0 aliphatic carbocycles. The summed E-state index contributed by atoms with van der Waals surface area (Å²) in [6.45, 7) is 3.69. The Morgan fingerprint density at radius 1 is 1.40 bits per heavy atom. The molecule has 2 aromatic rings. The monoisotopic (exact) mass is 368 g/mol. The van der Waals surface area contributed by atoms with E-state index in [1.165, 1.54) is 10.6 Å². The molecule has 10 heteroatoms. The number of sulfonamides is 1. The van der Waals surface area contributed by atoms with Crippen LogP contribution in [-0.2, 0) is 28.2 Å². The van der Waals surface area contributed by atoms with E-state index in [0.717, 1.165) is 29.7 Å². The molecule has 3 heterocycles. The molecule has 1 N–H and O–H groups in total. The van der Waals surface area contributed by atoms with Gasteiger partial charge in [-0.15, -0.1) is 0 Å². The highest BCUT2D eigenvalue weighted by molar-refractivity contribution is 7.88. The maximum absolute atomic E-state index is 11.7. The summed E-state index contributed by atoms with van der Waals surface area (Å²) in [4.78, 5) is 9.15. The summed E-state index contributed by atoms with van der Waals surface area (Å²) in [7, 11) is -1.35. The molecule has 0 unspecified atom stereocenters. The lowest BCUT2D eigenvalue weighted by Gasteiger charge is -2.31. The molecule has 0 aromatic carbocycles. The minimum Gasteiger partial charge on any atom is -0.374 e. The van der Waals surface area contributed by atoms with Crippen LogP contribution in [0, 0.1) is 0 Å². The lowest BCUT2D eigenvalue weighted by Crippen LogP contribution is -2.47. The highest BCUT2D eigenvalue weighted by atomic mass is 32.2. The smallest absolute Gasteiger partial charge is 0.211 e. The molecule has 1 saturated heterocycles. The summed E-state index contributed by atoms with van der Waals surface area (Å²) in [5.74, 6) is 1.48. The van der Waals surface area contributed by atoms with Crippen molar-refractivity contribution in [1.29, 1.82) is 0 Å². The molecule has 3 rings (SSSR count). The zero-order valence-corrected chi connectivity index (χ0v) is 15.6. The molecular weight excluding hydrogens is 344 g/mol. The fraction of sp³-hybridized carbons (Fsp3) is 0.667. The van der Waals surface area contributed by atoms with Gasteiger partial charge in [-0.2, -0.15) is 9.40 Å². The van der Waals surface area contributed by atoms with Gasteiger partial charge in [0.1, 0.15) is 11.6 Å². The highest BCUT2D eigenvalue weighted by Gasteiger charge is 2.26. The number of nitrogens with one attached hydrogen (secondary N) is 1. The number of fused-ring (bicyclic) bond motifs is 1. The number of rotatable bonds is 6. The molecule has 0 amide bonds. The maximum atomic E-state index is 11.7. The number of anilines is 1. The van der Waals surface area contributed by atoms with E-state index in [1.54, 1.807) is 10.9 Å². The lowest BCUT2D eigenvalue weighted by molar-refractivity contribution is 0.00702. The Balaban J connectivity index is 1.76. The largest absolute Gasteiger partial charge is 0.374 e. The van der Waals surface area contributed by atoms with Crippen molar-refractivity contribution in [3.63, 3.8) is 0 Å². The third-order valence-corrected chi connectivity index (χ3v) is 5.45. The Labute approximate surface area is 147 Å². The molecule has 1 aliphatic heterocycles. The Hall–Kier alpha value is -1.78. The Bertz CT molecular complexity index is 850. The van der Waals surface area contributed by atoms with Gasteiger partial charge in [-0.05, 0) is 6.42 Å². The molecule has 138 valence electrons. The van der Waals surface area contributed by atoms with Gasteiger partial charge in [0.15, 0.2) is 5.65 Å². The van der Waals surface area contributed by atoms with Crippen LogP contribution in [0.15, 0.2) is 6.20 Å². The normalized spacial score (nSPS) is 19.4. The fourth-order valence-corrected chi connectivity index (χ4v) is 3.71. The van der Waals surface area contributed by atoms with Crippen molar-refractivity contribution < 1.29 is 13.2 Å². The average molecular weight is 368 g/mol. The molecule has 0 radical (unpaired) electrons. The summed E-state index contributed by atoms with van der Waals surface area (Å²) in [6.07, 6.45) is 4.48. The predicted octanol–water partition coefficient (Wildman–Crippen LogP) is 0.388. The molecule has 0 bridgehead atoms. The Morgan fingerprint density at radius 3 is 2.92 bits per heavy atom. The number of morpholine rings is 1. The highest BCUT2D eigenvalue weighted by Crippen LogP contribution is 2.20. The average Bonchev–Trinajstić information content (AvgIpc) is 2.94. The summed E-state index contributed by atoms with van der Waals surface area (Å²) >= 11 is 0. The van der Waals surface area contributed by atoms with Crippen molar-refractivity contribution in [2.75, 3.05) is 37.8 Å². The topological polar surface area (TPSA) is 102 Å². The number of hydrogen-bond donors (Lipinski definition) is 1. The Kier molecular flexibility index (Phi) is 5.21. The van der Waals surface area contributed by atoms with Gasteiger partial charge in [0, 0.05) is 33.1 Å². The standard InChI is InChI=1S/C15H24N6O3S/c1-4-5-13-18-14(12-9-17-20(2)15(12)19-13)16-8-11-10-21(6-7-24-11)25(3,22)23/h9,11H,4-8,10H2,1-3H3,(H,16,18,19)/t11-/m1/s1. The fourth-order valence-electron chi connectivity index (χ4n) is 2.86. The minimum atomic E-state index is -3.20. The van der Waals surface area contributed by atoms with Crippen LogP contribution in [0.1, 0.15) is 19.2 Å². The van der Waals surface area contributed by atoms with Crippen molar-refractivity contribution in [3.05, 3.63) is 12.0 Å². The van der Waals surface area contributed by atoms with E-state index in [2.05, 4.69) is 27.3 Å². The lowest BCUT2D eigenvalue weighted by atomic mass is 10.3. The van der Waals surface area contributed by atoms with Crippen LogP contribution in [0.5, 0.6) is 0 Å². The van der Waals surface area contributed by atoms with Gasteiger partial charge >= 0.3 is 0 Å². The molecule has 0 saturated carbocycles. The molecule has 25 heavy (non-hydrogen) atoms. The van der Waals surface area contributed by atoms with Crippen LogP contribution < -0.4 is 5.32 Å². The third kappa shape index (κ3) is 4.07. The van der Waals surface area contributed by atoms with Gasteiger partial charge in [0.25, 0.3) is 0 Å². The van der Waals surface area contributed by atoms with Gasteiger partial charge in [-0.3, -0.25) is 4.68 Å². The van der Waals surface area contributed by atoms with Gasteiger partial charge in [-0.25, -0.2) is 18.4 Å². The maximum Gasteiger partial charge on any atom is 0.211 e. The molecule has 1 aliphatic rings. The van der Waals surface area contributed by atoms with Crippen LogP contribution in [-0.4, -0.2) is 71.1 Å². The van der Waals surface area contributed by atoms with Crippen LogP contribution in [0.25, 0.3) is 11.0 Å². The number of ether oxygens (including phenoxy) is 1. The van der Waals surface area contributed by atoms with Crippen LogP contribution in [0.4, 0.5) is 5.82 Å². The SMILES string of the molecule is CCCc1nc(NC[C@@H]2CN(S(C)(=O)=O)CCO2)c2cnn(C)c2n1. The van der Waals surface area contributed by atoms with E-state index in [1.807, 2.05) is 7.05 Å². The second-order valence-corrected chi connectivity index (χ2v) is 8.22. The third-order valence-electron chi connectivity index (χ3n) is 4.18.